The summed E-state index contributed by atoms with van der Waals surface area (Å²) in [7, 11) is 1.81. The summed E-state index contributed by atoms with van der Waals surface area (Å²) < 4.78 is 0. The predicted molar refractivity (Wildman–Crippen MR) is 94.1 cm³/mol. The summed E-state index contributed by atoms with van der Waals surface area (Å²) in [4.78, 5) is 4.29. The number of rotatable bonds is 6. The van der Waals surface area contributed by atoms with Gasteiger partial charge >= 0.3 is 0 Å². The standard InChI is InChI=1S/C19H25N3/c1-16(18-13-7-4-8-14-18)22-19(20-2)21-15-9-12-17-10-5-3-6-11-17/h3-8,10-11,13-14,16H,9,12,15H2,1-2H3,(H2,20,21,22). The van der Waals surface area contributed by atoms with E-state index in [4.69, 9.17) is 0 Å². The average molecular weight is 295 g/mol. The van der Waals surface area contributed by atoms with Gasteiger partial charge < -0.3 is 10.6 Å². The molecule has 1 atom stereocenters. The monoisotopic (exact) mass is 295 g/mol. The zero-order chi connectivity index (χ0) is 15.6. The highest BCUT2D eigenvalue weighted by Crippen LogP contribution is 2.10. The zero-order valence-corrected chi connectivity index (χ0v) is 13.4. The van der Waals surface area contributed by atoms with E-state index in [-0.39, 0.29) is 6.04 Å². The molecule has 0 amide bonds. The molecule has 0 radical (unpaired) electrons. The molecule has 2 aromatic rings. The Hall–Kier alpha value is -2.29. The smallest absolute Gasteiger partial charge is 0.191 e. The first kappa shape index (κ1) is 16.1. The van der Waals surface area contributed by atoms with Crippen molar-refractivity contribution in [1.29, 1.82) is 0 Å². The lowest BCUT2D eigenvalue weighted by atomic mass is 10.1. The average Bonchev–Trinajstić information content (AvgIpc) is 2.59. The van der Waals surface area contributed by atoms with Crippen LogP contribution in [0.25, 0.3) is 0 Å². The predicted octanol–water partition coefficient (Wildman–Crippen LogP) is 3.55. The van der Waals surface area contributed by atoms with Crippen molar-refractivity contribution in [3.05, 3.63) is 71.8 Å². The van der Waals surface area contributed by atoms with E-state index in [1.165, 1.54) is 11.1 Å². The molecular formula is C19H25N3. The molecule has 2 N–H and O–H groups in total. The van der Waals surface area contributed by atoms with Crippen molar-refractivity contribution in [2.24, 2.45) is 4.99 Å². The minimum atomic E-state index is 0.238. The van der Waals surface area contributed by atoms with E-state index in [1.807, 2.05) is 13.1 Å². The molecule has 0 saturated carbocycles. The van der Waals surface area contributed by atoms with Crippen LogP contribution in [0, 0.1) is 0 Å². The molecule has 116 valence electrons. The molecule has 22 heavy (non-hydrogen) atoms. The molecular weight excluding hydrogens is 270 g/mol. The Balaban J connectivity index is 1.73. The van der Waals surface area contributed by atoms with Gasteiger partial charge in [0.2, 0.25) is 0 Å². The summed E-state index contributed by atoms with van der Waals surface area (Å²) in [6.45, 7) is 3.06. The molecule has 3 nitrogen and oxygen atoms in total. The Kier molecular flexibility index (Phi) is 6.49. The Morgan fingerprint density at radius 1 is 1.00 bits per heavy atom. The topological polar surface area (TPSA) is 36.4 Å². The van der Waals surface area contributed by atoms with Gasteiger partial charge in [0.1, 0.15) is 0 Å². The Morgan fingerprint density at radius 3 is 2.27 bits per heavy atom. The second kappa shape index (κ2) is 8.88. The fourth-order valence-electron chi connectivity index (χ4n) is 2.37. The lowest BCUT2D eigenvalue weighted by molar-refractivity contribution is 0.674. The highest BCUT2D eigenvalue weighted by atomic mass is 15.2. The second-order valence-corrected chi connectivity index (χ2v) is 5.36. The lowest BCUT2D eigenvalue weighted by Gasteiger charge is -2.18. The van der Waals surface area contributed by atoms with E-state index < -0.39 is 0 Å². The minimum Gasteiger partial charge on any atom is -0.356 e. The maximum Gasteiger partial charge on any atom is 0.191 e. The lowest BCUT2D eigenvalue weighted by Crippen LogP contribution is -2.39. The molecule has 0 aliphatic carbocycles. The van der Waals surface area contributed by atoms with E-state index in [2.05, 4.69) is 77.1 Å². The summed E-state index contributed by atoms with van der Waals surface area (Å²) in [5.74, 6) is 0.851. The van der Waals surface area contributed by atoms with Gasteiger partial charge in [0.15, 0.2) is 5.96 Å². The van der Waals surface area contributed by atoms with Crippen LogP contribution in [0.1, 0.15) is 30.5 Å². The van der Waals surface area contributed by atoms with Crippen LogP contribution in [0.3, 0.4) is 0 Å². The fourth-order valence-corrected chi connectivity index (χ4v) is 2.37. The highest BCUT2D eigenvalue weighted by Gasteiger charge is 2.06. The van der Waals surface area contributed by atoms with Crippen LogP contribution >= 0.6 is 0 Å². The summed E-state index contributed by atoms with van der Waals surface area (Å²) in [5.41, 5.74) is 2.64. The molecule has 2 rings (SSSR count). The number of guanidine groups is 1. The second-order valence-electron chi connectivity index (χ2n) is 5.36. The number of aliphatic imine (C=N–C) groups is 1. The van der Waals surface area contributed by atoms with E-state index in [0.717, 1.165) is 25.3 Å². The third-order valence-electron chi connectivity index (χ3n) is 3.65. The van der Waals surface area contributed by atoms with Crippen molar-refractivity contribution < 1.29 is 0 Å². The molecule has 0 bridgehead atoms. The van der Waals surface area contributed by atoms with E-state index >= 15 is 0 Å². The first-order valence-corrected chi connectivity index (χ1v) is 7.85. The van der Waals surface area contributed by atoms with Gasteiger partial charge in [-0.2, -0.15) is 0 Å². The number of nitrogens with zero attached hydrogens (tertiary/aromatic N) is 1. The molecule has 1 unspecified atom stereocenters. The Morgan fingerprint density at radius 2 is 1.64 bits per heavy atom. The van der Waals surface area contributed by atoms with E-state index in [0.29, 0.717) is 0 Å². The van der Waals surface area contributed by atoms with Crippen molar-refractivity contribution in [2.75, 3.05) is 13.6 Å². The summed E-state index contributed by atoms with van der Waals surface area (Å²) in [6.07, 6.45) is 2.17. The molecule has 0 aromatic heterocycles. The van der Waals surface area contributed by atoms with Gasteiger partial charge in [-0.15, -0.1) is 0 Å². The first-order valence-electron chi connectivity index (χ1n) is 7.85. The van der Waals surface area contributed by atoms with Crippen molar-refractivity contribution in [1.82, 2.24) is 10.6 Å². The molecule has 0 saturated heterocycles. The first-order chi connectivity index (χ1) is 10.8. The number of nitrogens with one attached hydrogen (secondary N) is 2. The van der Waals surface area contributed by atoms with Gasteiger partial charge in [0.25, 0.3) is 0 Å². The fraction of sp³-hybridized carbons (Fsp3) is 0.316. The van der Waals surface area contributed by atoms with Gasteiger partial charge in [0.05, 0.1) is 6.04 Å². The van der Waals surface area contributed by atoms with Crippen LogP contribution in [-0.4, -0.2) is 19.6 Å². The molecule has 2 aromatic carbocycles. The van der Waals surface area contributed by atoms with Gasteiger partial charge in [-0.3, -0.25) is 4.99 Å². The van der Waals surface area contributed by atoms with Gasteiger partial charge in [-0.25, -0.2) is 0 Å². The largest absolute Gasteiger partial charge is 0.356 e. The number of aryl methyl sites for hydroxylation is 1. The van der Waals surface area contributed by atoms with Gasteiger partial charge in [0, 0.05) is 13.6 Å². The number of benzene rings is 2. The van der Waals surface area contributed by atoms with Crippen LogP contribution in [0.15, 0.2) is 65.7 Å². The van der Waals surface area contributed by atoms with Crippen molar-refractivity contribution in [3.8, 4) is 0 Å². The minimum absolute atomic E-state index is 0.238. The van der Waals surface area contributed by atoms with Crippen LogP contribution in [0.2, 0.25) is 0 Å². The Labute approximate surface area is 133 Å². The maximum absolute atomic E-state index is 4.29. The maximum atomic E-state index is 4.29. The van der Waals surface area contributed by atoms with Crippen LogP contribution in [0.5, 0.6) is 0 Å². The van der Waals surface area contributed by atoms with Crippen LogP contribution in [-0.2, 0) is 6.42 Å². The molecule has 0 spiro atoms. The number of hydrogen-bond donors (Lipinski definition) is 2. The normalized spacial score (nSPS) is 12.7. The third-order valence-corrected chi connectivity index (χ3v) is 3.65. The van der Waals surface area contributed by atoms with Gasteiger partial charge in [-0.05, 0) is 30.9 Å². The molecule has 0 fully saturated rings. The van der Waals surface area contributed by atoms with E-state index in [9.17, 15) is 0 Å². The van der Waals surface area contributed by atoms with Gasteiger partial charge in [-0.1, -0.05) is 60.7 Å². The Bertz CT molecular complexity index is 564. The number of hydrogen-bond acceptors (Lipinski definition) is 1. The molecule has 0 aliphatic heterocycles. The van der Waals surface area contributed by atoms with Crippen molar-refractivity contribution in [2.45, 2.75) is 25.8 Å². The molecule has 0 aliphatic rings. The molecule has 0 heterocycles. The van der Waals surface area contributed by atoms with Crippen LogP contribution < -0.4 is 10.6 Å². The van der Waals surface area contributed by atoms with Crippen LogP contribution in [0.4, 0.5) is 0 Å². The summed E-state index contributed by atoms with van der Waals surface area (Å²) in [6, 6.07) is 21.2. The summed E-state index contributed by atoms with van der Waals surface area (Å²) >= 11 is 0. The quantitative estimate of drug-likeness (QED) is 0.486. The SMILES string of the molecule is CN=C(NCCCc1ccccc1)NC(C)c1ccccc1. The van der Waals surface area contributed by atoms with Crippen molar-refractivity contribution in [3.63, 3.8) is 0 Å². The zero-order valence-electron chi connectivity index (χ0n) is 13.4. The third kappa shape index (κ3) is 5.24. The van der Waals surface area contributed by atoms with E-state index in [1.54, 1.807) is 0 Å². The summed E-state index contributed by atoms with van der Waals surface area (Å²) in [5, 5.41) is 6.80. The highest BCUT2D eigenvalue weighted by molar-refractivity contribution is 5.80. The van der Waals surface area contributed by atoms with Crippen molar-refractivity contribution >= 4 is 5.96 Å². The molecule has 3 heteroatoms.